The van der Waals surface area contributed by atoms with Crippen molar-refractivity contribution in [2.45, 2.75) is 12.1 Å². The number of thioether (sulfide) groups is 1. The number of ether oxygens (including phenoxy) is 2. The summed E-state index contributed by atoms with van der Waals surface area (Å²) in [6, 6.07) is 14.4. The second-order valence-corrected chi connectivity index (χ2v) is 7.40. The van der Waals surface area contributed by atoms with E-state index in [2.05, 4.69) is 38.0 Å². The van der Waals surface area contributed by atoms with Gasteiger partial charge >= 0.3 is 5.97 Å². The Balaban J connectivity index is 1.44. The molecule has 0 aliphatic rings. The minimum Gasteiger partial charge on any atom is -0.494 e. The predicted molar refractivity (Wildman–Crippen MR) is 114 cm³/mol. The number of hydrogen-bond donors (Lipinski definition) is 0. The van der Waals surface area contributed by atoms with E-state index in [1.165, 1.54) is 11.8 Å². The van der Waals surface area contributed by atoms with Gasteiger partial charge in [0.15, 0.2) is 6.61 Å². The first-order valence-electron chi connectivity index (χ1n) is 8.73. The summed E-state index contributed by atoms with van der Waals surface area (Å²) in [6.45, 7) is 2.57. The first kappa shape index (κ1) is 21.0. The van der Waals surface area contributed by atoms with E-state index in [4.69, 9.17) is 13.9 Å². The molecule has 0 fully saturated rings. The summed E-state index contributed by atoms with van der Waals surface area (Å²) in [5.41, 5.74) is 1.29. The van der Waals surface area contributed by atoms with Crippen LogP contribution in [-0.2, 0) is 4.74 Å². The molecule has 29 heavy (non-hydrogen) atoms. The summed E-state index contributed by atoms with van der Waals surface area (Å²) in [7, 11) is 0. The maximum Gasteiger partial charge on any atom is 0.339 e. The van der Waals surface area contributed by atoms with Crippen molar-refractivity contribution in [2.75, 3.05) is 19.0 Å². The molecular weight excluding hydrogens is 456 g/mol. The Morgan fingerprint density at radius 3 is 2.76 bits per heavy atom. The fourth-order valence-electron chi connectivity index (χ4n) is 2.25. The third-order valence-corrected chi connectivity index (χ3v) is 4.74. The van der Waals surface area contributed by atoms with Crippen LogP contribution in [-0.4, -0.2) is 35.1 Å². The Bertz CT molecular complexity index is 1020. The number of halogens is 1. The smallest absolute Gasteiger partial charge is 0.339 e. The van der Waals surface area contributed by atoms with Crippen LogP contribution in [0, 0.1) is 11.8 Å². The van der Waals surface area contributed by atoms with E-state index >= 15 is 0 Å². The molecule has 1 heterocycles. The number of carbonyl (C=O) groups is 1. The third kappa shape index (κ3) is 6.38. The number of rotatable bonds is 7. The summed E-state index contributed by atoms with van der Waals surface area (Å²) >= 11 is 4.64. The molecule has 3 rings (SSSR count). The highest BCUT2D eigenvalue weighted by atomic mass is 79.9. The van der Waals surface area contributed by atoms with Crippen LogP contribution in [0.15, 0.2) is 62.6 Å². The lowest BCUT2D eigenvalue weighted by molar-refractivity contribution is 0.0556. The second kappa shape index (κ2) is 10.7. The van der Waals surface area contributed by atoms with Gasteiger partial charge < -0.3 is 13.9 Å². The highest BCUT2D eigenvalue weighted by Gasteiger charge is 2.09. The molecule has 0 amide bonds. The molecule has 0 atom stereocenters. The number of aromatic nitrogens is 2. The highest BCUT2D eigenvalue weighted by molar-refractivity contribution is 9.10. The zero-order valence-corrected chi connectivity index (χ0v) is 18.0. The molecule has 6 nitrogen and oxygen atoms in total. The van der Waals surface area contributed by atoms with Crippen molar-refractivity contribution in [1.82, 2.24) is 10.2 Å². The fraction of sp³-hybridized carbons (Fsp3) is 0.190. The van der Waals surface area contributed by atoms with Crippen LogP contribution in [0.5, 0.6) is 5.75 Å². The van der Waals surface area contributed by atoms with Crippen molar-refractivity contribution in [3.05, 3.63) is 58.6 Å². The topological polar surface area (TPSA) is 74.5 Å². The van der Waals surface area contributed by atoms with Crippen molar-refractivity contribution in [3.8, 4) is 29.0 Å². The predicted octanol–water partition coefficient (Wildman–Crippen LogP) is 4.85. The maximum absolute atomic E-state index is 11.9. The molecule has 8 heteroatoms. The van der Waals surface area contributed by atoms with Gasteiger partial charge in [0.05, 0.1) is 17.9 Å². The lowest BCUT2D eigenvalue weighted by atomic mass is 10.2. The zero-order chi connectivity index (χ0) is 20.5. The van der Waals surface area contributed by atoms with E-state index < -0.39 is 5.97 Å². The minimum atomic E-state index is -0.412. The monoisotopic (exact) mass is 472 g/mol. The van der Waals surface area contributed by atoms with Gasteiger partial charge in [-0.05, 0) is 49.4 Å². The van der Waals surface area contributed by atoms with Gasteiger partial charge in [-0.1, -0.05) is 45.6 Å². The van der Waals surface area contributed by atoms with Gasteiger partial charge in [0.1, 0.15) is 5.75 Å². The highest BCUT2D eigenvalue weighted by Crippen LogP contribution is 2.24. The molecule has 0 saturated carbocycles. The van der Waals surface area contributed by atoms with Crippen molar-refractivity contribution in [3.63, 3.8) is 0 Å². The molecule has 1 aromatic heterocycles. The maximum atomic E-state index is 11.9. The number of hydrogen-bond acceptors (Lipinski definition) is 7. The Labute approximate surface area is 181 Å². The van der Waals surface area contributed by atoms with Crippen LogP contribution >= 0.6 is 27.7 Å². The van der Waals surface area contributed by atoms with Gasteiger partial charge in [0.2, 0.25) is 5.89 Å². The minimum absolute atomic E-state index is 0.0210. The number of esters is 1. The molecule has 0 spiro atoms. The summed E-state index contributed by atoms with van der Waals surface area (Å²) in [5.74, 6) is 6.96. The van der Waals surface area contributed by atoms with E-state index in [0.717, 1.165) is 15.8 Å². The van der Waals surface area contributed by atoms with Crippen LogP contribution < -0.4 is 4.74 Å². The average molecular weight is 473 g/mol. The molecular formula is C21H17BrN2O4S. The Kier molecular flexibility index (Phi) is 7.73. The first-order valence-corrected chi connectivity index (χ1v) is 10.5. The molecule has 3 aromatic rings. The third-order valence-electron chi connectivity index (χ3n) is 3.55. The lowest BCUT2D eigenvalue weighted by Crippen LogP contribution is -2.05. The second-order valence-electron chi connectivity index (χ2n) is 5.56. The standard InChI is InChI=1S/C21H17BrN2O4S/c1-2-26-18-10-8-15(9-11-18)19-23-24-21(28-19)29-13-4-3-12-27-20(25)16-6-5-7-17(22)14-16/h5-11,14H,2,12-13H2,1H3. The Hall–Kier alpha value is -2.76. The fourth-order valence-corrected chi connectivity index (χ4v) is 3.18. The van der Waals surface area contributed by atoms with Crippen LogP contribution in [0.25, 0.3) is 11.5 Å². The largest absolute Gasteiger partial charge is 0.494 e. The molecule has 2 aromatic carbocycles. The molecule has 0 aliphatic heterocycles. The van der Waals surface area contributed by atoms with Crippen LogP contribution in [0.4, 0.5) is 0 Å². The molecule has 0 unspecified atom stereocenters. The molecule has 0 saturated heterocycles. The van der Waals surface area contributed by atoms with Crippen LogP contribution in [0.1, 0.15) is 17.3 Å². The van der Waals surface area contributed by atoms with Gasteiger partial charge in [-0.2, -0.15) is 0 Å². The van der Waals surface area contributed by atoms with E-state index in [9.17, 15) is 4.79 Å². The van der Waals surface area contributed by atoms with E-state index in [1.807, 2.05) is 37.3 Å². The SMILES string of the molecule is CCOc1ccc(-c2nnc(SCC#CCOC(=O)c3cccc(Br)c3)o2)cc1. The lowest BCUT2D eigenvalue weighted by Gasteiger charge is -2.02. The molecule has 0 aliphatic carbocycles. The van der Waals surface area contributed by atoms with Crippen molar-refractivity contribution < 1.29 is 18.7 Å². The quantitative estimate of drug-likeness (QED) is 0.276. The Morgan fingerprint density at radius 2 is 2.00 bits per heavy atom. The normalized spacial score (nSPS) is 10.1. The van der Waals surface area contributed by atoms with Crippen molar-refractivity contribution in [2.24, 2.45) is 0 Å². The van der Waals surface area contributed by atoms with Crippen molar-refractivity contribution >= 4 is 33.7 Å². The summed E-state index contributed by atoms with van der Waals surface area (Å²) in [5, 5.41) is 8.47. The molecule has 0 bridgehead atoms. The van der Waals surface area contributed by atoms with Crippen LogP contribution in [0.2, 0.25) is 0 Å². The average Bonchev–Trinajstić information content (AvgIpc) is 3.20. The Morgan fingerprint density at radius 1 is 1.17 bits per heavy atom. The van der Waals surface area contributed by atoms with Crippen LogP contribution in [0.3, 0.4) is 0 Å². The van der Waals surface area contributed by atoms with Gasteiger partial charge in [0, 0.05) is 10.0 Å². The molecule has 148 valence electrons. The van der Waals surface area contributed by atoms with Gasteiger partial charge in [-0.3, -0.25) is 0 Å². The van der Waals surface area contributed by atoms with E-state index in [-0.39, 0.29) is 6.61 Å². The first-order chi connectivity index (χ1) is 14.2. The molecule has 0 radical (unpaired) electrons. The van der Waals surface area contributed by atoms with E-state index in [1.54, 1.807) is 18.2 Å². The summed E-state index contributed by atoms with van der Waals surface area (Å²) in [6.07, 6.45) is 0. The number of nitrogens with zero attached hydrogens (tertiary/aromatic N) is 2. The van der Waals surface area contributed by atoms with Gasteiger partial charge in [0.25, 0.3) is 5.22 Å². The molecule has 0 N–H and O–H groups in total. The number of benzene rings is 2. The zero-order valence-electron chi connectivity index (χ0n) is 15.6. The van der Waals surface area contributed by atoms with E-state index in [0.29, 0.717) is 29.0 Å². The summed E-state index contributed by atoms with van der Waals surface area (Å²) < 4.78 is 17.0. The summed E-state index contributed by atoms with van der Waals surface area (Å²) in [4.78, 5) is 11.9. The number of carbonyl (C=O) groups excluding carboxylic acids is 1. The van der Waals surface area contributed by atoms with Crippen molar-refractivity contribution in [1.29, 1.82) is 0 Å². The van der Waals surface area contributed by atoms with Gasteiger partial charge in [-0.15, -0.1) is 10.2 Å². The van der Waals surface area contributed by atoms with Gasteiger partial charge in [-0.25, -0.2) is 4.79 Å².